The molecule has 2 rings (SSSR count). The number of nitrogens with one attached hydrogen (secondary N) is 1. The number of rotatable bonds is 4. The molecule has 0 fully saturated rings. The molecule has 0 spiro atoms. The molecule has 0 saturated heterocycles. The molecular weight excluding hydrogens is 356 g/mol. The molecule has 0 bridgehead atoms. The quantitative estimate of drug-likeness (QED) is 0.872. The number of anilines is 1. The summed E-state index contributed by atoms with van der Waals surface area (Å²) in [5, 5.41) is 3.10. The molecule has 0 radical (unpaired) electrons. The topological polar surface area (TPSA) is 76.1 Å². The van der Waals surface area contributed by atoms with Gasteiger partial charge in [0.2, 0.25) is 5.91 Å². The zero-order valence-electron chi connectivity index (χ0n) is 15.4. The lowest BCUT2D eigenvalue weighted by atomic mass is 9.94. The summed E-state index contributed by atoms with van der Waals surface area (Å²) in [5.74, 6) is -0.592. The van der Waals surface area contributed by atoms with E-state index in [1.807, 2.05) is 6.92 Å². The predicted octanol–water partition coefficient (Wildman–Crippen LogP) is 3.94. The molecule has 0 aliphatic carbocycles. The summed E-state index contributed by atoms with van der Waals surface area (Å²) in [6.45, 7) is 10.9. The van der Waals surface area contributed by atoms with E-state index in [2.05, 4.69) is 31.1 Å². The summed E-state index contributed by atoms with van der Waals surface area (Å²) < 4.78 is 24.1. The summed E-state index contributed by atoms with van der Waals surface area (Å²) in [5.41, 5.74) is 0.757. The lowest BCUT2D eigenvalue weighted by molar-refractivity contribution is -0.117. The summed E-state index contributed by atoms with van der Waals surface area (Å²) in [7, 11) is -3.82. The van der Waals surface area contributed by atoms with Crippen LogP contribution in [0.15, 0.2) is 35.2 Å². The molecule has 7 heteroatoms. The number of sulfone groups is 1. The molecule has 0 atom stereocenters. The van der Waals surface area contributed by atoms with E-state index >= 15 is 0 Å². The Kier molecular flexibility index (Phi) is 5.12. The van der Waals surface area contributed by atoms with Crippen LogP contribution in [0.4, 0.5) is 5.13 Å². The van der Waals surface area contributed by atoms with Crippen molar-refractivity contribution in [2.45, 2.75) is 56.6 Å². The predicted molar refractivity (Wildman–Crippen MR) is 102 cm³/mol. The van der Waals surface area contributed by atoms with Gasteiger partial charge in [-0.1, -0.05) is 39.0 Å². The highest BCUT2D eigenvalue weighted by atomic mass is 32.2. The SMILES string of the molecule is Cc1nc(NC(=O)C(C)(C)S(=O)(=O)c2ccccc2)sc1C(C)(C)C. The zero-order chi connectivity index (χ0) is 19.0. The van der Waals surface area contributed by atoms with Crippen LogP contribution in [0.25, 0.3) is 0 Å². The molecule has 136 valence electrons. The summed E-state index contributed by atoms with van der Waals surface area (Å²) >= 11 is 1.38. The number of hydrogen-bond donors (Lipinski definition) is 1. The van der Waals surface area contributed by atoms with Crippen LogP contribution in [0.2, 0.25) is 0 Å². The van der Waals surface area contributed by atoms with E-state index in [4.69, 9.17) is 0 Å². The number of nitrogens with zero attached hydrogens (tertiary/aromatic N) is 1. The fraction of sp³-hybridized carbons (Fsp3) is 0.444. The van der Waals surface area contributed by atoms with E-state index in [1.54, 1.807) is 18.2 Å². The first-order valence-electron chi connectivity index (χ1n) is 7.96. The second-order valence-corrected chi connectivity index (χ2v) is 11.0. The van der Waals surface area contributed by atoms with E-state index in [-0.39, 0.29) is 10.3 Å². The van der Waals surface area contributed by atoms with E-state index in [1.165, 1.54) is 37.3 Å². The normalized spacial score (nSPS) is 12.9. The van der Waals surface area contributed by atoms with Crippen molar-refractivity contribution in [3.8, 4) is 0 Å². The molecule has 0 saturated carbocycles. The molecule has 2 aromatic rings. The minimum Gasteiger partial charge on any atom is -0.301 e. The number of carbonyl (C=O) groups is 1. The van der Waals surface area contributed by atoms with Crippen molar-refractivity contribution < 1.29 is 13.2 Å². The van der Waals surface area contributed by atoms with Crippen molar-refractivity contribution in [1.82, 2.24) is 4.98 Å². The number of aromatic nitrogens is 1. The fourth-order valence-electron chi connectivity index (χ4n) is 2.41. The van der Waals surface area contributed by atoms with E-state index in [9.17, 15) is 13.2 Å². The molecule has 0 aliphatic heterocycles. The summed E-state index contributed by atoms with van der Waals surface area (Å²) in [4.78, 5) is 18.3. The lowest BCUT2D eigenvalue weighted by Crippen LogP contribution is -2.44. The first-order valence-corrected chi connectivity index (χ1v) is 10.3. The lowest BCUT2D eigenvalue weighted by Gasteiger charge is -2.23. The van der Waals surface area contributed by atoms with Gasteiger partial charge in [-0.2, -0.15) is 0 Å². The second kappa shape index (κ2) is 6.53. The molecule has 25 heavy (non-hydrogen) atoms. The summed E-state index contributed by atoms with van der Waals surface area (Å²) in [6, 6.07) is 8.00. The molecule has 0 unspecified atom stereocenters. The minimum absolute atomic E-state index is 0.0869. The number of amides is 1. The Bertz CT molecular complexity index is 877. The van der Waals surface area contributed by atoms with Gasteiger partial charge in [0, 0.05) is 4.88 Å². The molecular formula is C18H24N2O3S2. The first-order chi connectivity index (χ1) is 11.4. The standard InChI is InChI=1S/C18H24N2O3S2/c1-12-14(17(2,3)4)24-16(19-12)20-15(21)18(5,6)25(22,23)13-10-8-7-9-11-13/h7-11H,1-6H3,(H,19,20,21). The summed E-state index contributed by atoms with van der Waals surface area (Å²) in [6.07, 6.45) is 0. The molecule has 1 aromatic carbocycles. The van der Waals surface area contributed by atoms with Gasteiger partial charge >= 0.3 is 0 Å². The van der Waals surface area contributed by atoms with Crippen LogP contribution in [-0.4, -0.2) is 24.1 Å². The number of benzene rings is 1. The smallest absolute Gasteiger partial charge is 0.247 e. The van der Waals surface area contributed by atoms with Crippen LogP contribution in [0, 0.1) is 6.92 Å². The second-order valence-electron chi connectivity index (χ2n) is 7.46. The zero-order valence-corrected chi connectivity index (χ0v) is 17.0. The van der Waals surface area contributed by atoms with Crippen LogP contribution in [0.3, 0.4) is 0 Å². The Hall–Kier alpha value is -1.73. The number of hydrogen-bond acceptors (Lipinski definition) is 5. The van der Waals surface area contributed by atoms with Crippen molar-refractivity contribution in [2.24, 2.45) is 0 Å². The third-order valence-corrected chi connectivity index (χ3v) is 7.89. The Morgan fingerprint density at radius 1 is 1.08 bits per heavy atom. The Morgan fingerprint density at radius 2 is 1.64 bits per heavy atom. The van der Waals surface area contributed by atoms with Gasteiger partial charge in [-0.05, 0) is 38.3 Å². The van der Waals surface area contributed by atoms with Gasteiger partial charge in [0.15, 0.2) is 15.0 Å². The highest BCUT2D eigenvalue weighted by molar-refractivity contribution is 7.93. The highest BCUT2D eigenvalue weighted by Crippen LogP contribution is 2.34. The molecule has 1 N–H and O–H groups in total. The van der Waals surface area contributed by atoms with Crippen molar-refractivity contribution in [3.63, 3.8) is 0 Å². The van der Waals surface area contributed by atoms with E-state index in [0.717, 1.165) is 10.6 Å². The molecule has 1 aromatic heterocycles. The van der Waals surface area contributed by atoms with Crippen LogP contribution in [0.5, 0.6) is 0 Å². The Morgan fingerprint density at radius 3 is 2.12 bits per heavy atom. The monoisotopic (exact) mass is 380 g/mol. The Labute approximate surface area is 153 Å². The minimum atomic E-state index is -3.82. The maximum Gasteiger partial charge on any atom is 0.247 e. The van der Waals surface area contributed by atoms with Crippen molar-refractivity contribution in [2.75, 3.05) is 5.32 Å². The molecule has 5 nitrogen and oxygen atoms in total. The largest absolute Gasteiger partial charge is 0.301 e. The molecule has 1 heterocycles. The van der Waals surface area contributed by atoms with Crippen LogP contribution in [-0.2, 0) is 20.0 Å². The maximum absolute atomic E-state index is 12.8. The van der Waals surface area contributed by atoms with Gasteiger partial charge in [0.1, 0.15) is 4.75 Å². The number of carbonyl (C=O) groups excluding carboxylic acids is 1. The first kappa shape index (κ1) is 19.6. The van der Waals surface area contributed by atoms with Crippen LogP contribution >= 0.6 is 11.3 Å². The van der Waals surface area contributed by atoms with E-state index < -0.39 is 20.5 Å². The fourth-order valence-corrected chi connectivity index (χ4v) is 4.83. The number of aryl methyl sites for hydroxylation is 1. The van der Waals surface area contributed by atoms with Gasteiger partial charge < -0.3 is 5.32 Å². The van der Waals surface area contributed by atoms with Crippen LogP contribution in [0.1, 0.15) is 45.2 Å². The van der Waals surface area contributed by atoms with Gasteiger partial charge in [0.05, 0.1) is 10.6 Å². The van der Waals surface area contributed by atoms with Crippen molar-refractivity contribution in [3.05, 3.63) is 40.9 Å². The number of thiazole rings is 1. The van der Waals surface area contributed by atoms with Gasteiger partial charge in [-0.25, -0.2) is 13.4 Å². The average Bonchev–Trinajstić information content (AvgIpc) is 2.88. The van der Waals surface area contributed by atoms with Gasteiger partial charge in [0.25, 0.3) is 0 Å². The van der Waals surface area contributed by atoms with Crippen molar-refractivity contribution >= 4 is 32.2 Å². The van der Waals surface area contributed by atoms with Crippen molar-refractivity contribution in [1.29, 1.82) is 0 Å². The van der Waals surface area contributed by atoms with Crippen LogP contribution < -0.4 is 5.32 Å². The molecule has 0 aliphatic rings. The van der Waals surface area contributed by atoms with E-state index in [0.29, 0.717) is 5.13 Å². The van der Waals surface area contributed by atoms with Gasteiger partial charge in [-0.15, -0.1) is 11.3 Å². The third kappa shape index (κ3) is 3.77. The Balaban J connectivity index is 2.31. The maximum atomic E-state index is 12.8. The molecule has 1 amide bonds. The average molecular weight is 381 g/mol. The van der Waals surface area contributed by atoms with Gasteiger partial charge in [-0.3, -0.25) is 4.79 Å². The third-order valence-electron chi connectivity index (χ3n) is 3.97. The highest BCUT2D eigenvalue weighted by Gasteiger charge is 2.43.